The van der Waals surface area contributed by atoms with Gasteiger partial charge in [0.1, 0.15) is 0 Å². The quantitative estimate of drug-likeness (QED) is 0.572. The first-order chi connectivity index (χ1) is 3.80. The second kappa shape index (κ2) is 3.51. The fourth-order valence-corrected chi connectivity index (χ4v) is 0.838. The number of halogens is 1. The number of hydrogen-bond acceptors (Lipinski definition) is 1. The van der Waals surface area contributed by atoms with Crippen LogP contribution in [0.3, 0.4) is 0 Å². The van der Waals surface area contributed by atoms with Crippen LogP contribution in [-0.2, 0) is 4.79 Å². The van der Waals surface area contributed by atoms with Gasteiger partial charge in [-0.15, -0.1) is 12.4 Å². The Morgan fingerprint density at radius 2 is 2.33 bits per heavy atom. The summed E-state index contributed by atoms with van der Waals surface area (Å²) in [5, 5.41) is 8.36. The number of allylic oxidation sites excluding steroid dienone is 1. The standard InChI is InChI=1S/C6H8O2.ClH/c7-6(8)5-3-1-2-4-5;/h1,3,5H,2,4H2,(H,7,8);1H. The van der Waals surface area contributed by atoms with E-state index in [0.717, 1.165) is 12.8 Å². The number of rotatable bonds is 1. The highest BCUT2D eigenvalue weighted by molar-refractivity contribution is 5.85. The average Bonchev–Trinajstić information content (AvgIpc) is 2.12. The van der Waals surface area contributed by atoms with Crippen molar-refractivity contribution in [2.45, 2.75) is 12.8 Å². The highest BCUT2D eigenvalue weighted by Crippen LogP contribution is 2.15. The number of aliphatic carboxylic acids is 1. The molecule has 0 saturated carbocycles. The molecule has 3 heteroatoms. The van der Waals surface area contributed by atoms with E-state index in [-0.39, 0.29) is 18.3 Å². The van der Waals surface area contributed by atoms with Crippen molar-refractivity contribution in [2.24, 2.45) is 5.92 Å². The summed E-state index contributed by atoms with van der Waals surface area (Å²) in [5.74, 6) is -0.895. The van der Waals surface area contributed by atoms with Gasteiger partial charge in [-0.1, -0.05) is 12.2 Å². The predicted molar refractivity (Wildman–Crippen MR) is 36.7 cm³/mol. The molecular formula is C6H9ClO2. The molecule has 2 nitrogen and oxygen atoms in total. The molecular weight excluding hydrogens is 140 g/mol. The highest BCUT2D eigenvalue weighted by atomic mass is 35.5. The minimum absolute atomic E-state index is 0. The Morgan fingerprint density at radius 1 is 1.67 bits per heavy atom. The molecule has 52 valence electrons. The number of hydrogen-bond donors (Lipinski definition) is 1. The molecule has 0 fully saturated rings. The van der Waals surface area contributed by atoms with Gasteiger partial charge in [0.15, 0.2) is 0 Å². The Morgan fingerprint density at radius 3 is 2.56 bits per heavy atom. The highest BCUT2D eigenvalue weighted by Gasteiger charge is 2.15. The van der Waals surface area contributed by atoms with Crippen LogP contribution in [0.2, 0.25) is 0 Å². The first-order valence-corrected chi connectivity index (χ1v) is 2.70. The van der Waals surface area contributed by atoms with Crippen molar-refractivity contribution in [2.75, 3.05) is 0 Å². The van der Waals surface area contributed by atoms with Gasteiger partial charge in [-0.25, -0.2) is 0 Å². The summed E-state index contributed by atoms with van der Waals surface area (Å²) in [6.07, 6.45) is 5.38. The first kappa shape index (κ1) is 8.50. The Bertz CT molecular complexity index is 131. The fraction of sp³-hybridized carbons (Fsp3) is 0.500. The van der Waals surface area contributed by atoms with Crippen LogP contribution in [0.4, 0.5) is 0 Å². The van der Waals surface area contributed by atoms with E-state index in [1.165, 1.54) is 0 Å². The summed E-state index contributed by atoms with van der Waals surface area (Å²) in [6, 6.07) is 0. The third kappa shape index (κ3) is 2.06. The zero-order chi connectivity index (χ0) is 5.98. The van der Waals surface area contributed by atoms with E-state index < -0.39 is 5.97 Å². The maximum absolute atomic E-state index is 10.2. The molecule has 9 heavy (non-hydrogen) atoms. The maximum atomic E-state index is 10.2. The van der Waals surface area contributed by atoms with Crippen LogP contribution in [0.25, 0.3) is 0 Å². The summed E-state index contributed by atoms with van der Waals surface area (Å²) in [6.45, 7) is 0. The van der Waals surface area contributed by atoms with E-state index >= 15 is 0 Å². The van der Waals surface area contributed by atoms with Crippen LogP contribution in [0.15, 0.2) is 12.2 Å². The molecule has 0 saturated heterocycles. The molecule has 1 aliphatic carbocycles. The summed E-state index contributed by atoms with van der Waals surface area (Å²) in [4.78, 5) is 10.2. The van der Waals surface area contributed by atoms with Gasteiger partial charge in [-0.2, -0.15) is 0 Å². The minimum atomic E-state index is -0.696. The first-order valence-electron chi connectivity index (χ1n) is 2.70. The van der Waals surface area contributed by atoms with Crippen molar-refractivity contribution in [1.29, 1.82) is 0 Å². The molecule has 1 unspecified atom stereocenters. The molecule has 0 aromatic rings. The monoisotopic (exact) mass is 148 g/mol. The molecule has 0 aromatic carbocycles. The summed E-state index contributed by atoms with van der Waals surface area (Å²) >= 11 is 0. The lowest BCUT2D eigenvalue weighted by Gasteiger charge is -1.95. The number of carbonyl (C=O) groups is 1. The fourth-order valence-electron chi connectivity index (χ4n) is 0.838. The van der Waals surface area contributed by atoms with Crippen molar-refractivity contribution >= 4 is 18.4 Å². The molecule has 1 atom stereocenters. The lowest BCUT2D eigenvalue weighted by Crippen LogP contribution is -2.06. The Hall–Kier alpha value is -0.500. The van der Waals surface area contributed by atoms with Crippen molar-refractivity contribution < 1.29 is 9.90 Å². The molecule has 0 spiro atoms. The minimum Gasteiger partial charge on any atom is -0.481 e. The summed E-state index contributed by atoms with van der Waals surface area (Å²) < 4.78 is 0. The second-order valence-corrected chi connectivity index (χ2v) is 1.95. The molecule has 0 aromatic heterocycles. The van der Waals surface area contributed by atoms with Crippen molar-refractivity contribution in [3.05, 3.63) is 12.2 Å². The lowest BCUT2D eigenvalue weighted by molar-refractivity contribution is -0.140. The lowest BCUT2D eigenvalue weighted by atomic mass is 10.1. The van der Waals surface area contributed by atoms with Gasteiger partial charge in [-0.3, -0.25) is 4.79 Å². The Kier molecular flexibility index (Phi) is 3.32. The van der Waals surface area contributed by atoms with Crippen molar-refractivity contribution in [3.63, 3.8) is 0 Å². The molecule has 0 bridgehead atoms. The summed E-state index contributed by atoms with van der Waals surface area (Å²) in [7, 11) is 0. The van der Waals surface area contributed by atoms with Crippen LogP contribution in [0, 0.1) is 5.92 Å². The normalized spacial score (nSPS) is 23.3. The number of carboxylic acids is 1. The average molecular weight is 149 g/mol. The SMILES string of the molecule is Cl.O=C(O)C1C=CCC1. The van der Waals surface area contributed by atoms with Crippen LogP contribution < -0.4 is 0 Å². The zero-order valence-corrected chi connectivity index (χ0v) is 5.73. The van der Waals surface area contributed by atoms with Crippen molar-refractivity contribution in [1.82, 2.24) is 0 Å². The molecule has 1 N–H and O–H groups in total. The second-order valence-electron chi connectivity index (χ2n) is 1.95. The Labute approximate surface area is 60.0 Å². The van der Waals surface area contributed by atoms with Gasteiger partial charge in [-0.05, 0) is 12.8 Å². The van der Waals surface area contributed by atoms with Gasteiger partial charge >= 0.3 is 5.97 Å². The van der Waals surface area contributed by atoms with Crippen LogP contribution >= 0.6 is 12.4 Å². The molecule has 0 aliphatic heterocycles. The van der Waals surface area contributed by atoms with E-state index in [1.54, 1.807) is 6.08 Å². The van der Waals surface area contributed by atoms with Gasteiger partial charge < -0.3 is 5.11 Å². The topological polar surface area (TPSA) is 37.3 Å². The summed E-state index contributed by atoms with van der Waals surface area (Å²) in [5.41, 5.74) is 0. The molecule has 0 amide bonds. The van der Waals surface area contributed by atoms with E-state index in [9.17, 15) is 4.79 Å². The Balaban J connectivity index is 0.000000640. The van der Waals surface area contributed by atoms with Gasteiger partial charge in [0, 0.05) is 0 Å². The smallest absolute Gasteiger partial charge is 0.310 e. The van der Waals surface area contributed by atoms with Crippen LogP contribution in [0.5, 0.6) is 0 Å². The third-order valence-electron chi connectivity index (χ3n) is 1.33. The van der Waals surface area contributed by atoms with Gasteiger partial charge in [0.05, 0.1) is 5.92 Å². The van der Waals surface area contributed by atoms with E-state index in [4.69, 9.17) is 5.11 Å². The van der Waals surface area contributed by atoms with E-state index in [1.807, 2.05) is 6.08 Å². The van der Waals surface area contributed by atoms with Gasteiger partial charge in [0.25, 0.3) is 0 Å². The van der Waals surface area contributed by atoms with Crippen molar-refractivity contribution in [3.8, 4) is 0 Å². The number of carboxylic acid groups (broad SMARTS) is 1. The van der Waals surface area contributed by atoms with E-state index in [0.29, 0.717) is 0 Å². The molecule has 1 aliphatic rings. The predicted octanol–water partition coefficient (Wildman–Crippen LogP) is 1.46. The largest absolute Gasteiger partial charge is 0.481 e. The van der Waals surface area contributed by atoms with Crippen LogP contribution in [-0.4, -0.2) is 11.1 Å². The molecule has 0 heterocycles. The molecule has 0 radical (unpaired) electrons. The zero-order valence-electron chi connectivity index (χ0n) is 4.91. The van der Waals surface area contributed by atoms with Gasteiger partial charge in [0.2, 0.25) is 0 Å². The van der Waals surface area contributed by atoms with E-state index in [2.05, 4.69) is 0 Å². The maximum Gasteiger partial charge on any atom is 0.310 e. The third-order valence-corrected chi connectivity index (χ3v) is 1.33. The molecule has 1 rings (SSSR count). The van der Waals surface area contributed by atoms with Crippen LogP contribution in [0.1, 0.15) is 12.8 Å².